The first-order valence-electron chi connectivity index (χ1n) is 4.90. The summed E-state index contributed by atoms with van der Waals surface area (Å²) in [5.74, 6) is 0. The Kier molecular flexibility index (Phi) is 3.35. The largest absolute Gasteiger partial charge is 0.310 e. The molecular formula is C12H8BrN3O. The predicted octanol–water partition coefficient (Wildman–Crippen LogP) is 1.93. The fourth-order valence-corrected chi connectivity index (χ4v) is 1.84. The third-order valence-corrected chi connectivity index (χ3v) is 2.71. The van der Waals surface area contributed by atoms with Gasteiger partial charge < -0.3 is 4.57 Å². The molecule has 2 rings (SSSR count). The quantitative estimate of drug-likeness (QED) is 0.849. The van der Waals surface area contributed by atoms with Gasteiger partial charge in [-0.15, -0.1) is 0 Å². The summed E-state index contributed by atoms with van der Waals surface area (Å²) in [5, 5.41) is 8.74. The zero-order valence-electron chi connectivity index (χ0n) is 8.80. The van der Waals surface area contributed by atoms with E-state index in [-0.39, 0.29) is 5.56 Å². The lowest BCUT2D eigenvalue weighted by Gasteiger charge is -2.05. The van der Waals surface area contributed by atoms with Gasteiger partial charge in [-0.25, -0.2) is 4.98 Å². The van der Waals surface area contributed by atoms with Crippen molar-refractivity contribution in [1.82, 2.24) is 9.55 Å². The van der Waals surface area contributed by atoms with E-state index in [4.69, 9.17) is 5.26 Å². The minimum absolute atomic E-state index is 0.0801. The third kappa shape index (κ3) is 2.80. The van der Waals surface area contributed by atoms with Gasteiger partial charge in [-0.2, -0.15) is 5.26 Å². The van der Waals surface area contributed by atoms with E-state index in [9.17, 15) is 4.79 Å². The van der Waals surface area contributed by atoms with Crippen LogP contribution in [0.15, 0.2) is 45.9 Å². The van der Waals surface area contributed by atoms with E-state index in [0.717, 1.165) is 10.0 Å². The molecule has 0 saturated carbocycles. The Morgan fingerprint density at radius 3 is 3.00 bits per heavy atom. The number of nitrogens with zero attached hydrogens (tertiary/aromatic N) is 3. The summed E-state index contributed by atoms with van der Waals surface area (Å²) in [5.41, 5.74) is 1.14. The summed E-state index contributed by atoms with van der Waals surface area (Å²) in [6.45, 7) is 0.426. The van der Waals surface area contributed by atoms with Gasteiger partial charge >= 0.3 is 0 Å². The van der Waals surface area contributed by atoms with Crippen LogP contribution in [0.25, 0.3) is 0 Å². The van der Waals surface area contributed by atoms with Gasteiger partial charge in [0.05, 0.1) is 6.54 Å². The summed E-state index contributed by atoms with van der Waals surface area (Å²) in [4.78, 5) is 15.5. The first-order valence-corrected chi connectivity index (χ1v) is 5.69. The van der Waals surface area contributed by atoms with Crippen LogP contribution in [0.2, 0.25) is 0 Å². The lowest BCUT2D eigenvalue weighted by molar-refractivity contribution is 0.754. The van der Waals surface area contributed by atoms with Gasteiger partial charge in [0.2, 0.25) is 0 Å². The van der Waals surface area contributed by atoms with Gasteiger partial charge in [-0.05, 0) is 39.7 Å². The SMILES string of the molecule is N#Cc1cc(Cn2cc(Br)ccc2=O)ccn1. The Morgan fingerprint density at radius 1 is 1.41 bits per heavy atom. The molecule has 0 N–H and O–H groups in total. The molecule has 0 aliphatic carbocycles. The van der Waals surface area contributed by atoms with Gasteiger partial charge in [0.15, 0.2) is 0 Å². The van der Waals surface area contributed by atoms with Crippen LogP contribution in [0.1, 0.15) is 11.3 Å². The highest BCUT2D eigenvalue weighted by molar-refractivity contribution is 9.10. The number of aromatic nitrogens is 2. The minimum atomic E-state index is -0.0801. The lowest BCUT2D eigenvalue weighted by Crippen LogP contribution is -2.18. The third-order valence-electron chi connectivity index (χ3n) is 2.24. The van der Waals surface area contributed by atoms with E-state index in [0.29, 0.717) is 12.2 Å². The van der Waals surface area contributed by atoms with E-state index >= 15 is 0 Å². The molecule has 2 heterocycles. The zero-order valence-corrected chi connectivity index (χ0v) is 10.4. The predicted molar refractivity (Wildman–Crippen MR) is 66.5 cm³/mol. The molecule has 2 aromatic rings. The molecule has 0 amide bonds. The number of hydrogen-bond donors (Lipinski definition) is 0. The van der Waals surface area contributed by atoms with Gasteiger partial charge in [0.25, 0.3) is 5.56 Å². The first kappa shape index (κ1) is 11.6. The van der Waals surface area contributed by atoms with Crippen molar-refractivity contribution in [2.24, 2.45) is 0 Å². The lowest BCUT2D eigenvalue weighted by atomic mass is 10.2. The standard InChI is InChI=1S/C12H8BrN3O/c13-10-1-2-12(17)16(8-10)7-9-3-4-15-11(5-9)6-14/h1-5,8H,7H2. The fourth-order valence-electron chi connectivity index (χ4n) is 1.46. The van der Waals surface area contributed by atoms with Crippen LogP contribution in [-0.2, 0) is 6.54 Å². The monoisotopic (exact) mass is 289 g/mol. The van der Waals surface area contributed by atoms with Crippen LogP contribution in [0.5, 0.6) is 0 Å². The van der Waals surface area contributed by atoms with Crippen molar-refractivity contribution in [3.63, 3.8) is 0 Å². The topological polar surface area (TPSA) is 58.7 Å². The second kappa shape index (κ2) is 4.93. The smallest absolute Gasteiger partial charge is 0.250 e. The molecule has 0 aliphatic rings. The van der Waals surface area contributed by atoms with Crippen molar-refractivity contribution in [2.45, 2.75) is 6.54 Å². The Labute approximate surface area is 106 Å². The van der Waals surface area contributed by atoms with Crippen molar-refractivity contribution < 1.29 is 0 Å². The highest BCUT2D eigenvalue weighted by atomic mass is 79.9. The van der Waals surface area contributed by atoms with Crippen LogP contribution < -0.4 is 5.56 Å². The minimum Gasteiger partial charge on any atom is -0.310 e. The Hall–Kier alpha value is -1.93. The molecule has 0 radical (unpaired) electrons. The second-order valence-electron chi connectivity index (χ2n) is 3.47. The molecule has 4 nitrogen and oxygen atoms in total. The van der Waals surface area contributed by atoms with E-state index < -0.39 is 0 Å². The number of halogens is 1. The number of nitriles is 1. The van der Waals surface area contributed by atoms with Crippen molar-refractivity contribution in [1.29, 1.82) is 5.26 Å². The van der Waals surface area contributed by atoms with E-state index in [1.807, 2.05) is 6.07 Å². The summed E-state index contributed by atoms with van der Waals surface area (Å²) < 4.78 is 2.41. The average molecular weight is 290 g/mol. The van der Waals surface area contributed by atoms with Crippen molar-refractivity contribution in [3.8, 4) is 6.07 Å². The maximum Gasteiger partial charge on any atom is 0.250 e. The van der Waals surface area contributed by atoms with Crippen LogP contribution in [0.4, 0.5) is 0 Å². The normalized spacial score (nSPS) is 9.88. The van der Waals surface area contributed by atoms with E-state index in [2.05, 4.69) is 20.9 Å². The molecule has 2 aromatic heterocycles. The molecule has 0 aliphatic heterocycles. The second-order valence-corrected chi connectivity index (χ2v) is 4.39. The molecule has 0 aromatic carbocycles. The summed E-state index contributed by atoms with van der Waals surface area (Å²) in [6, 6.07) is 8.63. The van der Waals surface area contributed by atoms with Crippen molar-refractivity contribution in [2.75, 3.05) is 0 Å². The molecule has 0 fully saturated rings. The van der Waals surface area contributed by atoms with Crippen molar-refractivity contribution in [3.05, 3.63) is 62.7 Å². The first-order chi connectivity index (χ1) is 8.19. The zero-order chi connectivity index (χ0) is 12.3. The van der Waals surface area contributed by atoms with Crippen LogP contribution in [0.3, 0.4) is 0 Å². The van der Waals surface area contributed by atoms with E-state index in [1.54, 1.807) is 35.2 Å². The molecule has 84 valence electrons. The van der Waals surface area contributed by atoms with Crippen LogP contribution in [0, 0.1) is 11.3 Å². The number of hydrogen-bond acceptors (Lipinski definition) is 3. The average Bonchev–Trinajstić information content (AvgIpc) is 2.34. The van der Waals surface area contributed by atoms with Gasteiger partial charge in [0.1, 0.15) is 11.8 Å². The molecule has 0 bridgehead atoms. The number of pyridine rings is 2. The maximum absolute atomic E-state index is 11.6. The van der Waals surface area contributed by atoms with Crippen LogP contribution in [-0.4, -0.2) is 9.55 Å². The Morgan fingerprint density at radius 2 is 2.24 bits per heavy atom. The summed E-state index contributed by atoms with van der Waals surface area (Å²) in [6.07, 6.45) is 3.28. The Balaban J connectivity index is 2.35. The van der Waals surface area contributed by atoms with E-state index in [1.165, 1.54) is 6.07 Å². The molecule has 5 heteroatoms. The molecular weight excluding hydrogens is 282 g/mol. The van der Waals surface area contributed by atoms with Gasteiger partial charge in [-0.3, -0.25) is 4.79 Å². The molecule has 17 heavy (non-hydrogen) atoms. The highest BCUT2D eigenvalue weighted by Gasteiger charge is 2.00. The summed E-state index contributed by atoms with van der Waals surface area (Å²) >= 11 is 3.31. The fraction of sp³-hybridized carbons (Fsp3) is 0.0833. The maximum atomic E-state index is 11.6. The number of rotatable bonds is 2. The van der Waals surface area contributed by atoms with Crippen molar-refractivity contribution >= 4 is 15.9 Å². The molecule has 0 saturated heterocycles. The van der Waals surface area contributed by atoms with Crippen LogP contribution >= 0.6 is 15.9 Å². The summed E-state index contributed by atoms with van der Waals surface area (Å²) in [7, 11) is 0. The Bertz CT molecular complexity index is 643. The van der Waals surface area contributed by atoms with Gasteiger partial charge in [0, 0.05) is 22.9 Å². The van der Waals surface area contributed by atoms with Gasteiger partial charge in [-0.1, -0.05) is 0 Å². The molecule has 0 atom stereocenters. The molecule has 0 spiro atoms. The highest BCUT2D eigenvalue weighted by Crippen LogP contribution is 2.07. The molecule has 0 unspecified atom stereocenters.